The summed E-state index contributed by atoms with van der Waals surface area (Å²) in [7, 11) is 0. The van der Waals surface area contributed by atoms with Crippen LogP contribution in [0.1, 0.15) is 33.3 Å². The number of rotatable bonds is 4. The van der Waals surface area contributed by atoms with E-state index < -0.39 is 16.9 Å². The Morgan fingerprint density at radius 2 is 1.83 bits per heavy atom. The monoisotopic (exact) mass is 246 g/mol. The number of anilines is 1. The fourth-order valence-electron chi connectivity index (χ4n) is 1.45. The van der Waals surface area contributed by atoms with Gasteiger partial charge in [-0.05, 0) is 39.8 Å². The first-order valence-corrected chi connectivity index (χ1v) is 5.73. The number of nitrogens with zero attached hydrogens (tertiary/aromatic N) is 1. The molecule has 4 heteroatoms. The topological polar surface area (TPSA) is 73.1 Å². The molecule has 0 bridgehead atoms. The molecule has 0 amide bonds. The van der Waals surface area contributed by atoms with Crippen molar-refractivity contribution in [1.82, 2.24) is 0 Å². The van der Waals surface area contributed by atoms with Crippen molar-refractivity contribution in [3.63, 3.8) is 0 Å². The van der Waals surface area contributed by atoms with Crippen LogP contribution >= 0.6 is 0 Å². The first-order chi connectivity index (χ1) is 8.22. The van der Waals surface area contributed by atoms with Crippen molar-refractivity contribution in [2.24, 2.45) is 5.41 Å². The minimum atomic E-state index is -0.963. The van der Waals surface area contributed by atoms with Crippen LogP contribution in [0.3, 0.4) is 0 Å². The van der Waals surface area contributed by atoms with Gasteiger partial charge in [0.05, 0.1) is 16.7 Å². The normalized spacial score (nSPS) is 11.7. The summed E-state index contributed by atoms with van der Waals surface area (Å²) in [6.07, 6.45) is 0. The second-order valence-electron chi connectivity index (χ2n) is 5.34. The average Bonchev–Trinajstić information content (AvgIpc) is 2.28. The van der Waals surface area contributed by atoms with E-state index in [9.17, 15) is 9.90 Å². The highest BCUT2D eigenvalue weighted by molar-refractivity contribution is 5.76. The Morgan fingerprint density at radius 1 is 1.28 bits per heavy atom. The van der Waals surface area contributed by atoms with Crippen molar-refractivity contribution in [2.75, 3.05) is 5.32 Å². The predicted molar refractivity (Wildman–Crippen MR) is 70.3 cm³/mol. The standard InChI is InChI=1S/C14H18N2O2/c1-13(2,12(17)18)14(3,4)16-11-8-6-5-7-10(11)9-15/h5-8,16H,1-4H3,(H,17,18). The summed E-state index contributed by atoms with van der Waals surface area (Å²) in [4.78, 5) is 11.3. The van der Waals surface area contributed by atoms with Gasteiger partial charge < -0.3 is 10.4 Å². The number of para-hydroxylation sites is 1. The summed E-state index contributed by atoms with van der Waals surface area (Å²) < 4.78 is 0. The number of benzene rings is 1. The van der Waals surface area contributed by atoms with Crippen LogP contribution in [0.4, 0.5) is 5.69 Å². The third-order valence-electron chi connectivity index (χ3n) is 3.59. The van der Waals surface area contributed by atoms with Crippen molar-refractivity contribution >= 4 is 11.7 Å². The van der Waals surface area contributed by atoms with E-state index in [2.05, 4.69) is 11.4 Å². The Morgan fingerprint density at radius 3 is 2.33 bits per heavy atom. The zero-order valence-electron chi connectivity index (χ0n) is 11.1. The summed E-state index contributed by atoms with van der Waals surface area (Å²) >= 11 is 0. The van der Waals surface area contributed by atoms with Crippen LogP contribution in [0, 0.1) is 16.7 Å². The second-order valence-corrected chi connectivity index (χ2v) is 5.34. The fourth-order valence-corrected chi connectivity index (χ4v) is 1.45. The van der Waals surface area contributed by atoms with Crippen molar-refractivity contribution in [3.8, 4) is 6.07 Å². The molecule has 4 nitrogen and oxygen atoms in total. The lowest BCUT2D eigenvalue weighted by Crippen LogP contribution is -2.50. The minimum absolute atomic E-state index is 0.506. The Bertz CT molecular complexity index is 499. The third-order valence-corrected chi connectivity index (χ3v) is 3.59. The van der Waals surface area contributed by atoms with E-state index in [0.717, 1.165) is 0 Å². The molecule has 0 aromatic heterocycles. The zero-order valence-corrected chi connectivity index (χ0v) is 11.1. The van der Waals surface area contributed by atoms with Gasteiger partial charge in [0.15, 0.2) is 0 Å². The molecule has 0 unspecified atom stereocenters. The van der Waals surface area contributed by atoms with Gasteiger partial charge in [0.2, 0.25) is 0 Å². The Kier molecular flexibility index (Phi) is 3.66. The van der Waals surface area contributed by atoms with Gasteiger partial charge in [0, 0.05) is 5.54 Å². The van der Waals surface area contributed by atoms with E-state index in [-0.39, 0.29) is 0 Å². The van der Waals surface area contributed by atoms with E-state index in [4.69, 9.17) is 5.26 Å². The molecule has 0 radical (unpaired) electrons. The van der Waals surface area contributed by atoms with Crippen molar-refractivity contribution in [2.45, 2.75) is 33.2 Å². The lowest BCUT2D eigenvalue weighted by molar-refractivity contribution is -0.149. The van der Waals surface area contributed by atoms with Crippen molar-refractivity contribution in [3.05, 3.63) is 29.8 Å². The molecule has 0 fully saturated rings. The Balaban J connectivity index is 3.11. The number of aliphatic carboxylic acids is 1. The molecule has 0 aliphatic heterocycles. The molecule has 1 aromatic rings. The SMILES string of the molecule is CC(C)(Nc1ccccc1C#N)C(C)(C)C(=O)O. The van der Waals surface area contributed by atoms with Gasteiger partial charge in [-0.1, -0.05) is 12.1 Å². The second kappa shape index (κ2) is 4.69. The molecule has 0 spiro atoms. The van der Waals surface area contributed by atoms with Crippen LogP contribution < -0.4 is 5.32 Å². The largest absolute Gasteiger partial charge is 0.481 e. The molecule has 0 heterocycles. The molecular weight excluding hydrogens is 228 g/mol. The lowest BCUT2D eigenvalue weighted by atomic mass is 9.74. The summed E-state index contributed by atoms with van der Waals surface area (Å²) in [5, 5.41) is 21.5. The molecule has 2 N–H and O–H groups in total. The third kappa shape index (κ3) is 2.45. The average molecular weight is 246 g/mol. The summed E-state index contributed by atoms with van der Waals surface area (Å²) in [5.74, 6) is -0.880. The van der Waals surface area contributed by atoms with Crippen LogP contribution in [0.15, 0.2) is 24.3 Å². The molecule has 0 aliphatic rings. The Labute approximate surface area is 107 Å². The number of carboxylic acids is 1. The fraction of sp³-hybridized carbons (Fsp3) is 0.429. The number of hydrogen-bond donors (Lipinski definition) is 2. The highest BCUT2D eigenvalue weighted by Gasteiger charge is 2.43. The maximum absolute atomic E-state index is 11.3. The van der Waals surface area contributed by atoms with E-state index >= 15 is 0 Å². The van der Waals surface area contributed by atoms with Crippen LogP contribution in [0.5, 0.6) is 0 Å². The highest BCUT2D eigenvalue weighted by Crippen LogP contribution is 2.34. The van der Waals surface area contributed by atoms with E-state index in [0.29, 0.717) is 11.3 Å². The van der Waals surface area contributed by atoms with Gasteiger partial charge in [0.1, 0.15) is 6.07 Å². The van der Waals surface area contributed by atoms with Gasteiger partial charge >= 0.3 is 5.97 Å². The summed E-state index contributed by atoms with van der Waals surface area (Å²) in [6, 6.07) is 9.15. The molecule has 1 aromatic carbocycles. The molecular formula is C14H18N2O2. The van der Waals surface area contributed by atoms with E-state index in [1.54, 1.807) is 32.0 Å². The minimum Gasteiger partial charge on any atom is -0.481 e. The van der Waals surface area contributed by atoms with Crippen molar-refractivity contribution in [1.29, 1.82) is 5.26 Å². The van der Waals surface area contributed by atoms with Gasteiger partial charge in [-0.2, -0.15) is 5.26 Å². The smallest absolute Gasteiger partial charge is 0.311 e. The molecule has 96 valence electrons. The van der Waals surface area contributed by atoms with Gasteiger partial charge in [0.25, 0.3) is 0 Å². The van der Waals surface area contributed by atoms with Crippen LogP contribution in [-0.2, 0) is 4.79 Å². The first-order valence-electron chi connectivity index (χ1n) is 5.73. The number of hydrogen-bond acceptors (Lipinski definition) is 3. The van der Waals surface area contributed by atoms with Crippen molar-refractivity contribution < 1.29 is 9.90 Å². The zero-order chi connectivity index (χ0) is 14.0. The molecule has 1 rings (SSSR count). The maximum atomic E-state index is 11.3. The Hall–Kier alpha value is -2.02. The van der Waals surface area contributed by atoms with Gasteiger partial charge in [-0.25, -0.2) is 0 Å². The number of nitrogens with one attached hydrogen (secondary N) is 1. The number of carbonyl (C=O) groups is 1. The van der Waals surface area contributed by atoms with E-state index in [1.165, 1.54) is 0 Å². The molecule has 0 saturated carbocycles. The molecule has 0 saturated heterocycles. The van der Waals surface area contributed by atoms with Crippen LogP contribution in [-0.4, -0.2) is 16.6 Å². The molecule has 0 aliphatic carbocycles. The number of carboxylic acid groups (broad SMARTS) is 1. The lowest BCUT2D eigenvalue weighted by Gasteiger charge is -2.39. The van der Waals surface area contributed by atoms with Gasteiger partial charge in [-0.3, -0.25) is 4.79 Å². The highest BCUT2D eigenvalue weighted by atomic mass is 16.4. The summed E-state index contributed by atoms with van der Waals surface area (Å²) in [5.41, 5.74) is -0.493. The molecule has 0 atom stereocenters. The van der Waals surface area contributed by atoms with Gasteiger partial charge in [-0.15, -0.1) is 0 Å². The number of nitriles is 1. The molecule has 18 heavy (non-hydrogen) atoms. The predicted octanol–water partition coefficient (Wildman–Crippen LogP) is 2.86. The van der Waals surface area contributed by atoms with Crippen LogP contribution in [0.25, 0.3) is 0 Å². The maximum Gasteiger partial charge on any atom is 0.311 e. The summed E-state index contributed by atoms with van der Waals surface area (Å²) in [6.45, 7) is 6.96. The van der Waals surface area contributed by atoms with E-state index in [1.807, 2.05) is 19.9 Å². The van der Waals surface area contributed by atoms with Crippen LogP contribution in [0.2, 0.25) is 0 Å². The first kappa shape index (κ1) is 14.0. The quantitative estimate of drug-likeness (QED) is 0.856.